The van der Waals surface area contributed by atoms with Crippen LogP contribution in [0.5, 0.6) is 0 Å². The number of para-hydroxylation sites is 1. The molecule has 0 unspecified atom stereocenters. The SMILES string of the molecule is Cc1nc(Nc2c(Cl)cccc2Cl)cc(C(=O)Nc2cccc(C#N)c2)n1. The number of carbonyl (C=O) groups is 1. The zero-order valence-corrected chi connectivity index (χ0v) is 15.6. The molecule has 0 bridgehead atoms. The highest BCUT2D eigenvalue weighted by Crippen LogP contribution is 2.32. The van der Waals surface area contributed by atoms with Crippen molar-refractivity contribution >= 4 is 46.3 Å². The Kier molecular flexibility index (Phi) is 5.55. The Hall–Kier alpha value is -3.14. The second kappa shape index (κ2) is 8.04. The Morgan fingerprint density at radius 1 is 1.07 bits per heavy atom. The monoisotopic (exact) mass is 397 g/mol. The van der Waals surface area contributed by atoms with Crippen molar-refractivity contribution in [3.63, 3.8) is 0 Å². The summed E-state index contributed by atoms with van der Waals surface area (Å²) in [6, 6.07) is 15.2. The Labute approximate surface area is 165 Å². The molecule has 0 aliphatic carbocycles. The number of aryl methyl sites for hydroxylation is 1. The molecule has 0 radical (unpaired) electrons. The highest BCUT2D eigenvalue weighted by atomic mass is 35.5. The zero-order valence-electron chi connectivity index (χ0n) is 14.1. The Bertz CT molecular complexity index is 1040. The molecule has 3 aromatic rings. The van der Waals surface area contributed by atoms with Gasteiger partial charge in [0.1, 0.15) is 17.3 Å². The van der Waals surface area contributed by atoms with Crippen LogP contribution in [0.25, 0.3) is 0 Å². The number of anilines is 3. The van der Waals surface area contributed by atoms with E-state index in [0.717, 1.165) is 0 Å². The molecule has 0 saturated carbocycles. The van der Waals surface area contributed by atoms with Crippen molar-refractivity contribution in [3.05, 3.63) is 75.7 Å². The van der Waals surface area contributed by atoms with Gasteiger partial charge in [-0.1, -0.05) is 35.3 Å². The van der Waals surface area contributed by atoms with Crippen LogP contribution in [-0.2, 0) is 0 Å². The molecular weight excluding hydrogens is 385 g/mol. The van der Waals surface area contributed by atoms with Gasteiger partial charge < -0.3 is 10.6 Å². The number of amides is 1. The van der Waals surface area contributed by atoms with Gasteiger partial charge in [0.25, 0.3) is 5.91 Å². The van der Waals surface area contributed by atoms with Gasteiger partial charge >= 0.3 is 0 Å². The molecule has 0 aliphatic heterocycles. The third-order valence-electron chi connectivity index (χ3n) is 3.54. The molecule has 1 amide bonds. The standard InChI is InChI=1S/C19H13Cl2N5O/c1-11-23-16(19(27)25-13-5-2-4-12(8-13)10-22)9-17(24-11)26-18-14(20)6-3-7-15(18)21/h2-9H,1H3,(H,25,27)(H,23,24,26). The van der Waals surface area contributed by atoms with E-state index in [0.29, 0.717) is 38.6 Å². The van der Waals surface area contributed by atoms with Gasteiger partial charge in [-0.3, -0.25) is 4.79 Å². The highest BCUT2D eigenvalue weighted by Gasteiger charge is 2.13. The summed E-state index contributed by atoms with van der Waals surface area (Å²) in [6.07, 6.45) is 0. The van der Waals surface area contributed by atoms with E-state index < -0.39 is 5.91 Å². The quantitative estimate of drug-likeness (QED) is 0.648. The third kappa shape index (κ3) is 4.53. The van der Waals surface area contributed by atoms with Crippen LogP contribution in [0, 0.1) is 18.3 Å². The fraction of sp³-hybridized carbons (Fsp3) is 0.0526. The second-order valence-corrected chi connectivity index (χ2v) is 6.37. The summed E-state index contributed by atoms with van der Waals surface area (Å²) in [7, 11) is 0. The first-order valence-corrected chi connectivity index (χ1v) is 8.60. The van der Waals surface area contributed by atoms with Crippen LogP contribution in [0.3, 0.4) is 0 Å². The van der Waals surface area contributed by atoms with Crippen molar-refractivity contribution in [2.45, 2.75) is 6.92 Å². The van der Waals surface area contributed by atoms with E-state index in [1.165, 1.54) is 6.07 Å². The maximum absolute atomic E-state index is 12.5. The molecule has 27 heavy (non-hydrogen) atoms. The van der Waals surface area contributed by atoms with Crippen molar-refractivity contribution in [2.24, 2.45) is 0 Å². The van der Waals surface area contributed by atoms with Gasteiger partial charge in [-0.2, -0.15) is 5.26 Å². The van der Waals surface area contributed by atoms with E-state index in [2.05, 4.69) is 20.6 Å². The molecule has 0 aliphatic rings. The van der Waals surface area contributed by atoms with E-state index >= 15 is 0 Å². The Balaban J connectivity index is 1.86. The average Bonchev–Trinajstić information content (AvgIpc) is 2.64. The second-order valence-electron chi connectivity index (χ2n) is 5.55. The summed E-state index contributed by atoms with van der Waals surface area (Å²) in [6.45, 7) is 1.67. The number of carbonyl (C=O) groups excluding carboxylic acids is 1. The molecule has 8 heteroatoms. The van der Waals surface area contributed by atoms with Crippen LogP contribution in [0.1, 0.15) is 21.9 Å². The van der Waals surface area contributed by atoms with Gasteiger partial charge in [0.2, 0.25) is 0 Å². The number of nitrogens with one attached hydrogen (secondary N) is 2. The fourth-order valence-corrected chi connectivity index (χ4v) is 2.85. The number of benzene rings is 2. The number of halogens is 2. The topological polar surface area (TPSA) is 90.7 Å². The minimum absolute atomic E-state index is 0.163. The molecule has 0 atom stereocenters. The van der Waals surface area contributed by atoms with Gasteiger partial charge in [-0.25, -0.2) is 9.97 Å². The summed E-state index contributed by atoms with van der Waals surface area (Å²) >= 11 is 12.3. The lowest BCUT2D eigenvalue weighted by molar-refractivity contribution is 0.102. The lowest BCUT2D eigenvalue weighted by Gasteiger charge is -2.11. The summed E-state index contributed by atoms with van der Waals surface area (Å²) in [5.74, 6) is 0.358. The summed E-state index contributed by atoms with van der Waals surface area (Å²) in [5.41, 5.74) is 1.60. The predicted octanol–water partition coefficient (Wildman–Crippen LogP) is 4.96. The van der Waals surface area contributed by atoms with Crippen molar-refractivity contribution in [1.29, 1.82) is 5.26 Å². The first-order valence-electron chi connectivity index (χ1n) is 7.84. The molecule has 2 N–H and O–H groups in total. The highest BCUT2D eigenvalue weighted by molar-refractivity contribution is 6.39. The van der Waals surface area contributed by atoms with Crippen molar-refractivity contribution in [1.82, 2.24) is 9.97 Å². The lowest BCUT2D eigenvalue weighted by atomic mass is 10.2. The molecular formula is C19H13Cl2N5O. The van der Waals surface area contributed by atoms with Gasteiger partial charge in [-0.15, -0.1) is 0 Å². The number of nitriles is 1. The van der Waals surface area contributed by atoms with Crippen LogP contribution < -0.4 is 10.6 Å². The Morgan fingerprint density at radius 2 is 1.78 bits per heavy atom. The maximum Gasteiger partial charge on any atom is 0.274 e. The van der Waals surface area contributed by atoms with Crippen molar-refractivity contribution in [3.8, 4) is 6.07 Å². The summed E-state index contributed by atoms with van der Waals surface area (Å²) < 4.78 is 0. The molecule has 1 heterocycles. The smallest absolute Gasteiger partial charge is 0.274 e. The average molecular weight is 398 g/mol. The van der Waals surface area contributed by atoms with E-state index in [1.54, 1.807) is 49.4 Å². The number of nitrogens with zero attached hydrogens (tertiary/aromatic N) is 3. The van der Waals surface area contributed by atoms with E-state index in [4.69, 9.17) is 28.5 Å². The van der Waals surface area contributed by atoms with Crippen LogP contribution in [0.4, 0.5) is 17.2 Å². The lowest BCUT2D eigenvalue weighted by Crippen LogP contribution is -2.15. The van der Waals surface area contributed by atoms with Gasteiger partial charge in [0, 0.05) is 11.8 Å². The molecule has 3 rings (SSSR count). The third-order valence-corrected chi connectivity index (χ3v) is 4.17. The van der Waals surface area contributed by atoms with Crippen LogP contribution >= 0.6 is 23.2 Å². The van der Waals surface area contributed by atoms with Crippen LogP contribution in [-0.4, -0.2) is 15.9 Å². The summed E-state index contributed by atoms with van der Waals surface area (Å²) in [5, 5.41) is 15.5. The largest absolute Gasteiger partial charge is 0.338 e. The maximum atomic E-state index is 12.5. The van der Waals surface area contributed by atoms with Gasteiger partial charge in [0.15, 0.2) is 0 Å². The van der Waals surface area contributed by atoms with Crippen molar-refractivity contribution in [2.75, 3.05) is 10.6 Å². The molecule has 0 spiro atoms. The van der Waals surface area contributed by atoms with E-state index in [1.807, 2.05) is 6.07 Å². The first kappa shape index (κ1) is 18.6. The van der Waals surface area contributed by atoms with Gasteiger partial charge in [0.05, 0.1) is 27.4 Å². The normalized spacial score (nSPS) is 10.1. The number of hydrogen-bond acceptors (Lipinski definition) is 5. The Morgan fingerprint density at radius 3 is 2.48 bits per heavy atom. The predicted molar refractivity (Wildman–Crippen MR) is 106 cm³/mol. The number of aromatic nitrogens is 2. The van der Waals surface area contributed by atoms with E-state index in [-0.39, 0.29) is 5.69 Å². The fourth-order valence-electron chi connectivity index (χ4n) is 2.35. The minimum atomic E-state index is -0.427. The van der Waals surface area contributed by atoms with Crippen LogP contribution in [0.2, 0.25) is 10.0 Å². The molecule has 2 aromatic carbocycles. The molecule has 1 aromatic heterocycles. The first-order chi connectivity index (χ1) is 13.0. The number of rotatable bonds is 4. The van der Waals surface area contributed by atoms with Crippen LogP contribution in [0.15, 0.2) is 48.5 Å². The minimum Gasteiger partial charge on any atom is -0.338 e. The molecule has 0 fully saturated rings. The molecule has 134 valence electrons. The number of hydrogen-bond donors (Lipinski definition) is 2. The molecule has 0 saturated heterocycles. The zero-order chi connectivity index (χ0) is 19.4. The molecule has 6 nitrogen and oxygen atoms in total. The summed E-state index contributed by atoms with van der Waals surface area (Å²) in [4.78, 5) is 21.0. The van der Waals surface area contributed by atoms with Gasteiger partial charge in [-0.05, 0) is 37.3 Å². The van der Waals surface area contributed by atoms with E-state index in [9.17, 15) is 4.79 Å². The van der Waals surface area contributed by atoms with Crippen molar-refractivity contribution < 1.29 is 4.79 Å².